The molecule has 0 aromatic heterocycles. The molecule has 3 aliphatic rings. The van der Waals surface area contributed by atoms with Crippen LogP contribution in [0.4, 0.5) is 0 Å². The van der Waals surface area contributed by atoms with Crippen LogP contribution in [0.3, 0.4) is 0 Å². The van der Waals surface area contributed by atoms with E-state index in [0.29, 0.717) is 0 Å². The lowest BCUT2D eigenvalue weighted by Gasteiger charge is -2.34. The molecule has 15 rings (SSSR count). The van der Waals surface area contributed by atoms with E-state index in [0.717, 1.165) is 0 Å². The first-order chi connectivity index (χ1) is 33.8. The third-order valence-electron chi connectivity index (χ3n) is 16.2. The molecule has 322 valence electrons. The molecule has 0 unspecified atom stereocenters. The largest absolute Gasteiger partial charge is 0.0714 e. The smallest absolute Gasteiger partial charge is 0.0622 e. The molecular weight excluding hydrogens is 829 g/mol. The van der Waals surface area contributed by atoms with E-state index in [2.05, 4.69) is 234 Å². The average Bonchev–Trinajstić information content (AvgIpc) is 3.97. The molecule has 0 radical (unpaired) electrons. The molecule has 3 aliphatic carbocycles. The number of rotatable bonds is 4. The van der Waals surface area contributed by atoms with Crippen LogP contribution in [-0.2, 0) is 5.41 Å². The van der Waals surface area contributed by atoms with Crippen molar-refractivity contribution in [3.05, 3.63) is 251 Å². The van der Waals surface area contributed by atoms with Crippen LogP contribution in [0.2, 0.25) is 0 Å². The predicted octanol–water partition coefficient (Wildman–Crippen LogP) is 18.5. The molecule has 69 heavy (non-hydrogen) atoms. The zero-order valence-electron chi connectivity index (χ0n) is 39.1. The van der Waals surface area contributed by atoms with Crippen LogP contribution in [-0.4, -0.2) is 0 Å². The molecule has 0 atom stereocenters. The maximum Gasteiger partial charge on any atom is 0.0714 e. The van der Waals surface area contributed by atoms with E-state index in [4.69, 9.17) is 0 Å². The van der Waals surface area contributed by atoms with Gasteiger partial charge in [0.1, 0.15) is 0 Å². The molecule has 12 aromatic rings. The summed E-state index contributed by atoms with van der Waals surface area (Å²) in [7, 11) is 0. The molecule has 0 aliphatic heterocycles. The van der Waals surface area contributed by atoms with Crippen LogP contribution < -0.4 is 0 Å². The second-order valence-corrected chi connectivity index (χ2v) is 20.2. The van der Waals surface area contributed by atoms with E-state index >= 15 is 0 Å². The summed E-state index contributed by atoms with van der Waals surface area (Å²) in [4.78, 5) is 0. The van der Waals surface area contributed by atoms with E-state index in [-0.39, 0.29) is 0 Å². The highest BCUT2D eigenvalue weighted by Gasteiger charge is 2.48. The fourth-order valence-electron chi connectivity index (χ4n) is 13.4. The second kappa shape index (κ2) is 13.9. The molecule has 0 saturated carbocycles. The van der Waals surface area contributed by atoms with Crippen molar-refractivity contribution in [1.82, 2.24) is 0 Å². The third kappa shape index (κ3) is 5.19. The summed E-state index contributed by atoms with van der Waals surface area (Å²) in [6, 6.07) is 79.7. The minimum Gasteiger partial charge on any atom is -0.0622 e. The van der Waals surface area contributed by atoms with Gasteiger partial charge < -0.3 is 0 Å². The van der Waals surface area contributed by atoms with Crippen molar-refractivity contribution in [1.29, 1.82) is 0 Å². The summed E-state index contributed by atoms with van der Waals surface area (Å²) < 4.78 is 0. The Morgan fingerprint density at radius 1 is 0.232 bits per heavy atom. The molecule has 12 aromatic carbocycles. The van der Waals surface area contributed by atoms with Gasteiger partial charge in [-0.2, -0.15) is 0 Å². The number of hydrogen-bond donors (Lipinski definition) is 0. The zero-order chi connectivity index (χ0) is 45.9. The van der Waals surface area contributed by atoms with Gasteiger partial charge in [-0.1, -0.05) is 193 Å². The lowest BCUT2D eigenvalue weighted by atomic mass is 9.67. The van der Waals surface area contributed by atoms with Crippen molar-refractivity contribution in [2.75, 3.05) is 0 Å². The van der Waals surface area contributed by atoms with Gasteiger partial charge in [0.25, 0.3) is 0 Å². The predicted molar refractivity (Wildman–Crippen MR) is 292 cm³/mol. The van der Waals surface area contributed by atoms with Crippen molar-refractivity contribution in [2.24, 2.45) is 0 Å². The normalized spacial score (nSPS) is 13.3. The van der Waals surface area contributed by atoms with Gasteiger partial charge >= 0.3 is 0 Å². The highest BCUT2D eigenvalue weighted by Crippen LogP contribution is 2.63. The van der Waals surface area contributed by atoms with Crippen LogP contribution in [0.5, 0.6) is 0 Å². The molecular formula is C69H46. The summed E-state index contributed by atoms with van der Waals surface area (Å²) in [5.74, 6) is 0. The Hall–Kier alpha value is -8.32. The Balaban J connectivity index is 0.993. The van der Waals surface area contributed by atoms with E-state index in [9.17, 15) is 0 Å². The van der Waals surface area contributed by atoms with Gasteiger partial charge in [-0.05, 0) is 206 Å². The summed E-state index contributed by atoms with van der Waals surface area (Å²) in [5.41, 5.74) is 28.2. The lowest BCUT2D eigenvalue weighted by molar-refractivity contribution is 0.769. The molecule has 0 nitrogen and oxygen atoms in total. The first-order valence-electron chi connectivity index (χ1n) is 24.5. The Bertz CT molecular complexity index is 3970. The fourth-order valence-corrected chi connectivity index (χ4v) is 13.4. The number of benzene rings is 12. The minimum atomic E-state index is -0.559. The van der Waals surface area contributed by atoms with E-state index in [1.807, 2.05) is 0 Å². The van der Waals surface area contributed by atoms with Crippen molar-refractivity contribution >= 4 is 43.1 Å². The van der Waals surface area contributed by atoms with Gasteiger partial charge in [-0.3, -0.25) is 0 Å². The maximum atomic E-state index is 2.59. The van der Waals surface area contributed by atoms with Crippen LogP contribution in [0.15, 0.2) is 206 Å². The second-order valence-electron chi connectivity index (χ2n) is 20.2. The van der Waals surface area contributed by atoms with E-state index in [1.165, 1.54) is 165 Å². The number of hydrogen-bond acceptors (Lipinski definition) is 0. The Kier molecular flexibility index (Phi) is 7.79. The molecule has 0 N–H and O–H groups in total. The van der Waals surface area contributed by atoms with Gasteiger partial charge in [0.05, 0.1) is 5.41 Å². The molecule has 0 fully saturated rings. The van der Waals surface area contributed by atoms with Crippen LogP contribution >= 0.6 is 0 Å². The van der Waals surface area contributed by atoms with Gasteiger partial charge in [0.15, 0.2) is 0 Å². The van der Waals surface area contributed by atoms with E-state index in [1.54, 1.807) is 0 Å². The third-order valence-corrected chi connectivity index (χ3v) is 16.2. The molecule has 0 amide bonds. The molecule has 0 saturated heterocycles. The molecule has 0 bridgehead atoms. The van der Waals surface area contributed by atoms with E-state index < -0.39 is 5.41 Å². The summed E-state index contributed by atoms with van der Waals surface area (Å²) >= 11 is 0. The molecule has 0 heterocycles. The van der Waals surface area contributed by atoms with Gasteiger partial charge in [0, 0.05) is 0 Å². The first kappa shape index (κ1) is 38.8. The number of aryl methyl sites for hydroxylation is 4. The Morgan fingerprint density at radius 3 is 1.07 bits per heavy atom. The lowest BCUT2D eigenvalue weighted by Crippen LogP contribution is -2.28. The van der Waals surface area contributed by atoms with Crippen LogP contribution in [0.1, 0.15) is 44.5 Å². The zero-order valence-corrected chi connectivity index (χ0v) is 39.1. The van der Waals surface area contributed by atoms with Crippen molar-refractivity contribution < 1.29 is 0 Å². The monoisotopic (exact) mass is 874 g/mol. The Labute approximate surface area is 402 Å². The Morgan fingerprint density at radius 2 is 0.623 bits per heavy atom. The fraction of sp³-hybridized carbons (Fsp3) is 0.0725. The minimum absolute atomic E-state index is 0.559. The number of fused-ring (bicyclic) bond motifs is 11. The molecule has 0 heteroatoms. The van der Waals surface area contributed by atoms with Crippen molar-refractivity contribution in [2.45, 2.75) is 33.1 Å². The van der Waals surface area contributed by atoms with Gasteiger partial charge in [-0.15, -0.1) is 0 Å². The van der Waals surface area contributed by atoms with Gasteiger partial charge in [0.2, 0.25) is 0 Å². The highest BCUT2D eigenvalue weighted by molar-refractivity contribution is 6.23. The SMILES string of the molecule is Cc1ccc2c(-c3ccc4c5c(cccc35)-c3cc5c(cc3-4)C(c3ccccc3)(c3ccccc3)c3cc4c(cc3-5)-c3cccc5c(-c6cc(C)cc7cc(C)ccc67)ccc-4c35)cc(C)cc2c1. The van der Waals surface area contributed by atoms with Crippen LogP contribution in [0.25, 0.3) is 121 Å². The average molecular weight is 875 g/mol. The topological polar surface area (TPSA) is 0 Å². The first-order valence-corrected chi connectivity index (χ1v) is 24.5. The maximum absolute atomic E-state index is 2.59. The van der Waals surface area contributed by atoms with Gasteiger partial charge in [-0.25, -0.2) is 0 Å². The standard InChI is InChI=1S/C69H46/c1-39-21-23-47-43(29-39)31-41(3)33-57(47)49-25-27-55-61-37-65-63(35-59(61)53-19-11-17-51(49)67(53)55)64-36-60-54-20-12-18-52-50(58-34-42(4)32-44-30-40(2)22-24-48(44)58)26-28-56(68(52)54)62(60)38-66(64)69(65,45-13-7-5-8-14-45)46-15-9-6-10-16-46/h5-38H,1-4H3. The quantitative estimate of drug-likeness (QED) is 0.165. The molecule has 0 spiro atoms. The summed E-state index contributed by atoms with van der Waals surface area (Å²) in [6.45, 7) is 8.83. The van der Waals surface area contributed by atoms with Crippen molar-refractivity contribution in [3.63, 3.8) is 0 Å². The van der Waals surface area contributed by atoms with Crippen LogP contribution in [0, 0.1) is 27.7 Å². The summed E-state index contributed by atoms with van der Waals surface area (Å²) in [5, 5.41) is 10.5. The summed E-state index contributed by atoms with van der Waals surface area (Å²) in [6.07, 6.45) is 0. The van der Waals surface area contributed by atoms with Crippen molar-refractivity contribution in [3.8, 4) is 77.9 Å². The highest BCUT2D eigenvalue weighted by atomic mass is 14.5.